The molecule has 0 bridgehead atoms. The Labute approximate surface area is 85.4 Å². The van der Waals surface area contributed by atoms with Crippen LogP contribution in [0.5, 0.6) is 0 Å². The minimum Gasteiger partial charge on any atom is -0.480 e. The standard InChI is InChI=1S/C11H9NO3/c13-10(14)7-12-6-5-8-3-1-2-4-9(8)11(12)15/h1-6H,7H2,(H,13,14). The van der Waals surface area contributed by atoms with Crippen molar-refractivity contribution < 1.29 is 9.90 Å². The van der Waals surface area contributed by atoms with Gasteiger partial charge in [-0.3, -0.25) is 9.59 Å². The molecule has 0 saturated carbocycles. The zero-order chi connectivity index (χ0) is 10.8. The number of nitrogens with zero attached hydrogens (tertiary/aromatic N) is 1. The highest BCUT2D eigenvalue weighted by Gasteiger charge is 2.04. The molecular formula is C11H9NO3. The van der Waals surface area contributed by atoms with E-state index in [0.717, 1.165) is 5.39 Å². The number of rotatable bonds is 2. The lowest BCUT2D eigenvalue weighted by atomic mass is 10.2. The van der Waals surface area contributed by atoms with Crippen LogP contribution in [0.3, 0.4) is 0 Å². The van der Waals surface area contributed by atoms with Crippen molar-refractivity contribution in [2.24, 2.45) is 0 Å². The van der Waals surface area contributed by atoms with Crippen molar-refractivity contribution in [3.8, 4) is 0 Å². The highest BCUT2D eigenvalue weighted by Crippen LogP contribution is 2.07. The van der Waals surface area contributed by atoms with Gasteiger partial charge in [-0.05, 0) is 17.5 Å². The molecule has 0 aliphatic carbocycles. The summed E-state index contributed by atoms with van der Waals surface area (Å²) >= 11 is 0. The number of pyridine rings is 1. The summed E-state index contributed by atoms with van der Waals surface area (Å²) in [5.41, 5.74) is -0.268. The number of hydrogen-bond donors (Lipinski definition) is 1. The van der Waals surface area contributed by atoms with Gasteiger partial charge in [-0.25, -0.2) is 0 Å². The normalized spacial score (nSPS) is 10.4. The lowest BCUT2D eigenvalue weighted by Gasteiger charge is -2.03. The van der Waals surface area contributed by atoms with E-state index in [0.29, 0.717) is 5.39 Å². The maximum absolute atomic E-state index is 11.8. The minimum absolute atomic E-state index is 0.268. The van der Waals surface area contributed by atoms with E-state index in [-0.39, 0.29) is 12.1 Å². The van der Waals surface area contributed by atoms with Crippen LogP contribution < -0.4 is 5.56 Å². The van der Waals surface area contributed by atoms with E-state index < -0.39 is 5.97 Å². The largest absolute Gasteiger partial charge is 0.480 e. The van der Waals surface area contributed by atoms with Gasteiger partial charge in [0.2, 0.25) is 0 Å². The summed E-state index contributed by atoms with van der Waals surface area (Å²) in [6.45, 7) is -0.302. The van der Waals surface area contributed by atoms with Crippen molar-refractivity contribution in [1.29, 1.82) is 0 Å². The topological polar surface area (TPSA) is 59.3 Å². The quantitative estimate of drug-likeness (QED) is 0.794. The molecule has 1 heterocycles. The van der Waals surface area contributed by atoms with Crippen LogP contribution in [0.25, 0.3) is 10.8 Å². The lowest BCUT2D eigenvalue weighted by Crippen LogP contribution is -2.23. The molecule has 2 rings (SSSR count). The molecule has 0 unspecified atom stereocenters. The van der Waals surface area contributed by atoms with Crippen LogP contribution in [-0.4, -0.2) is 15.6 Å². The van der Waals surface area contributed by atoms with Gasteiger partial charge < -0.3 is 9.67 Å². The summed E-state index contributed by atoms with van der Waals surface area (Å²) in [6, 6.07) is 8.84. The summed E-state index contributed by atoms with van der Waals surface area (Å²) < 4.78 is 1.19. The molecule has 1 aromatic heterocycles. The Hall–Kier alpha value is -2.10. The van der Waals surface area contributed by atoms with Crippen LogP contribution >= 0.6 is 0 Å². The molecule has 0 fully saturated rings. The third kappa shape index (κ3) is 1.74. The van der Waals surface area contributed by atoms with Crippen LogP contribution in [-0.2, 0) is 11.3 Å². The second kappa shape index (κ2) is 3.57. The second-order valence-corrected chi connectivity index (χ2v) is 3.23. The van der Waals surface area contributed by atoms with Gasteiger partial charge in [0.05, 0.1) is 0 Å². The summed E-state index contributed by atoms with van der Waals surface area (Å²) in [7, 11) is 0. The predicted molar refractivity (Wildman–Crippen MR) is 55.8 cm³/mol. The van der Waals surface area contributed by atoms with E-state index in [1.807, 2.05) is 12.1 Å². The zero-order valence-corrected chi connectivity index (χ0v) is 7.88. The molecule has 0 spiro atoms. The van der Waals surface area contributed by atoms with E-state index in [9.17, 15) is 9.59 Å². The van der Waals surface area contributed by atoms with Crippen LogP contribution in [0.4, 0.5) is 0 Å². The summed E-state index contributed by atoms with van der Waals surface area (Å²) in [5.74, 6) is -1.02. The molecule has 0 amide bonds. The van der Waals surface area contributed by atoms with Crippen molar-refractivity contribution in [2.75, 3.05) is 0 Å². The third-order valence-corrected chi connectivity index (χ3v) is 2.19. The van der Waals surface area contributed by atoms with Gasteiger partial charge >= 0.3 is 5.97 Å². The highest BCUT2D eigenvalue weighted by atomic mass is 16.4. The van der Waals surface area contributed by atoms with Crippen molar-refractivity contribution in [2.45, 2.75) is 6.54 Å². The average molecular weight is 203 g/mol. The Morgan fingerprint density at radius 2 is 2.00 bits per heavy atom. The molecule has 0 aliphatic heterocycles. The summed E-state index contributed by atoms with van der Waals surface area (Å²) in [4.78, 5) is 22.3. The smallest absolute Gasteiger partial charge is 0.323 e. The van der Waals surface area contributed by atoms with Gasteiger partial charge in [-0.1, -0.05) is 18.2 Å². The third-order valence-electron chi connectivity index (χ3n) is 2.19. The number of aromatic nitrogens is 1. The van der Waals surface area contributed by atoms with E-state index in [1.165, 1.54) is 10.8 Å². The molecule has 4 heteroatoms. The Kier molecular flexibility index (Phi) is 2.25. The van der Waals surface area contributed by atoms with Gasteiger partial charge in [0.15, 0.2) is 0 Å². The molecule has 0 saturated heterocycles. The molecule has 0 radical (unpaired) electrons. The van der Waals surface area contributed by atoms with Gasteiger partial charge in [0.25, 0.3) is 5.56 Å². The Morgan fingerprint density at radius 1 is 1.27 bits per heavy atom. The Balaban J connectivity index is 2.65. The van der Waals surface area contributed by atoms with Crippen molar-refractivity contribution in [3.05, 3.63) is 46.9 Å². The monoisotopic (exact) mass is 203 g/mol. The Bertz CT molecular complexity index is 571. The van der Waals surface area contributed by atoms with Gasteiger partial charge in [0, 0.05) is 11.6 Å². The number of aliphatic carboxylic acids is 1. The first-order chi connectivity index (χ1) is 7.18. The number of carboxylic acid groups (broad SMARTS) is 1. The molecule has 1 N–H and O–H groups in total. The molecule has 0 aliphatic rings. The number of carboxylic acids is 1. The molecule has 1 aromatic carbocycles. The fraction of sp³-hybridized carbons (Fsp3) is 0.0909. The van der Waals surface area contributed by atoms with Crippen LogP contribution in [0.2, 0.25) is 0 Å². The van der Waals surface area contributed by atoms with Gasteiger partial charge in [0.1, 0.15) is 6.54 Å². The van der Waals surface area contributed by atoms with Crippen molar-refractivity contribution in [1.82, 2.24) is 4.57 Å². The molecule has 4 nitrogen and oxygen atoms in total. The SMILES string of the molecule is O=C(O)Cn1ccc2ccccc2c1=O. The average Bonchev–Trinajstić information content (AvgIpc) is 2.22. The van der Waals surface area contributed by atoms with E-state index in [1.54, 1.807) is 18.2 Å². The first-order valence-electron chi connectivity index (χ1n) is 4.48. The highest BCUT2D eigenvalue weighted by molar-refractivity contribution is 5.81. The van der Waals surface area contributed by atoms with E-state index in [2.05, 4.69) is 0 Å². The van der Waals surface area contributed by atoms with Crippen LogP contribution in [0.1, 0.15) is 0 Å². The lowest BCUT2D eigenvalue weighted by molar-refractivity contribution is -0.137. The van der Waals surface area contributed by atoms with Crippen molar-refractivity contribution in [3.63, 3.8) is 0 Å². The first kappa shape index (κ1) is 9.45. The molecular weight excluding hydrogens is 194 g/mol. The van der Waals surface area contributed by atoms with Gasteiger partial charge in [-0.15, -0.1) is 0 Å². The fourth-order valence-electron chi connectivity index (χ4n) is 1.50. The predicted octanol–water partition coefficient (Wildman–Crippen LogP) is 1.09. The Morgan fingerprint density at radius 3 is 2.73 bits per heavy atom. The minimum atomic E-state index is -1.02. The maximum Gasteiger partial charge on any atom is 0.323 e. The van der Waals surface area contributed by atoms with Crippen LogP contribution in [0.15, 0.2) is 41.3 Å². The van der Waals surface area contributed by atoms with Crippen molar-refractivity contribution >= 4 is 16.7 Å². The second-order valence-electron chi connectivity index (χ2n) is 3.23. The number of carbonyl (C=O) groups is 1. The fourth-order valence-corrected chi connectivity index (χ4v) is 1.50. The van der Waals surface area contributed by atoms with E-state index in [4.69, 9.17) is 5.11 Å². The van der Waals surface area contributed by atoms with Crippen LogP contribution in [0, 0.1) is 0 Å². The molecule has 15 heavy (non-hydrogen) atoms. The van der Waals surface area contributed by atoms with E-state index >= 15 is 0 Å². The maximum atomic E-state index is 11.8. The summed E-state index contributed by atoms with van der Waals surface area (Å²) in [5, 5.41) is 9.97. The number of hydrogen-bond acceptors (Lipinski definition) is 2. The van der Waals surface area contributed by atoms with Gasteiger partial charge in [-0.2, -0.15) is 0 Å². The first-order valence-corrected chi connectivity index (χ1v) is 4.48. The summed E-state index contributed by atoms with van der Waals surface area (Å²) in [6.07, 6.45) is 1.50. The molecule has 2 aromatic rings. The number of fused-ring (bicyclic) bond motifs is 1. The molecule has 76 valence electrons. The zero-order valence-electron chi connectivity index (χ0n) is 7.88. The molecule has 0 atom stereocenters. The number of benzene rings is 1.